The number of thioether (sulfide) groups is 2. The minimum atomic E-state index is -0.462. The normalized spacial score (nSPS) is 18.0. The summed E-state index contributed by atoms with van der Waals surface area (Å²) >= 11 is 16.7. The Bertz CT molecular complexity index is 2620. The van der Waals surface area contributed by atoms with Crippen LogP contribution >= 0.6 is 46.7 Å². The van der Waals surface area contributed by atoms with Gasteiger partial charge in [0.15, 0.2) is 0 Å². The fraction of sp³-hybridized carbons (Fsp3) is 0.302. The molecule has 0 radical (unpaired) electrons. The third kappa shape index (κ3) is 11.5. The topological polar surface area (TPSA) is 52.7 Å². The van der Waals surface area contributed by atoms with Crippen molar-refractivity contribution < 1.29 is 9.59 Å². The molecule has 9 heteroatoms. The standard InChI is InChI=1S/C63H65Cl2N3O2S2/c1-2-59(69)61-55(47-34-36-56(64)57(65)44-47)45-54-35-37-58(61)68(54)40-21-39-67(41-43-72-63(51-28-15-6-16-29-51,52-30-17-7-18-31-52)53-32-19-8-20-33-53)46-60(70)66-38-42-71-62(48-22-9-3-10-23-48,49-24-11-4-12-25-49)50-26-13-5-14-27-50/h3-20,22-34,36,44,54-55,58,61H,2,21,35,37-43,45-46H2,1H3,(H,66,70)/t54-,55-,58+,61-/m0/s1. The van der Waals surface area contributed by atoms with Crippen molar-refractivity contribution in [2.24, 2.45) is 5.92 Å². The summed E-state index contributed by atoms with van der Waals surface area (Å²) in [6.07, 6.45) is 4.42. The van der Waals surface area contributed by atoms with Crippen molar-refractivity contribution in [2.75, 3.05) is 44.2 Å². The fourth-order valence-corrected chi connectivity index (χ4v) is 15.0. The molecule has 1 N–H and O–H groups in total. The van der Waals surface area contributed by atoms with Gasteiger partial charge in [0.2, 0.25) is 5.91 Å². The summed E-state index contributed by atoms with van der Waals surface area (Å²) in [6, 6.07) is 71.2. The van der Waals surface area contributed by atoms with Gasteiger partial charge in [-0.2, -0.15) is 0 Å². The highest BCUT2D eigenvalue weighted by molar-refractivity contribution is 8.00. The number of fused-ring (bicyclic) bond motifs is 2. The predicted molar refractivity (Wildman–Crippen MR) is 304 cm³/mol. The number of piperidine rings is 1. The first-order valence-electron chi connectivity index (χ1n) is 25.7. The van der Waals surface area contributed by atoms with Crippen molar-refractivity contribution in [1.82, 2.24) is 15.1 Å². The molecule has 2 aliphatic heterocycles. The van der Waals surface area contributed by atoms with Gasteiger partial charge in [0.05, 0.1) is 26.1 Å². The molecule has 2 saturated heterocycles. The molecule has 0 saturated carbocycles. The molecule has 2 aliphatic rings. The lowest BCUT2D eigenvalue weighted by atomic mass is 9.73. The van der Waals surface area contributed by atoms with E-state index in [1.54, 1.807) is 0 Å². The van der Waals surface area contributed by atoms with Crippen molar-refractivity contribution in [1.29, 1.82) is 0 Å². The minimum absolute atomic E-state index is 0.0295. The lowest BCUT2D eigenvalue weighted by Crippen LogP contribution is -2.51. The zero-order valence-corrected chi connectivity index (χ0v) is 44.3. The molecule has 72 heavy (non-hydrogen) atoms. The summed E-state index contributed by atoms with van der Waals surface area (Å²) in [6.45, 7) is 5.18. The van der Waals surface area contributed by atoms with Gasteiger partial charge in [-0.25, -0.2) is 0 Å². The van der Waals surface area contributed by atoms with Gasteiger partial charge < -0.3 is 5.32 Å². The molecular formula is C63H65Cl2N3O2S2. The zero-order valence-electron chi connectivity index (χ0n) is 41.1. The molecule has 4 atom stereocenters. The second-order valence-electron chi connectivity index (χ2n) is 19.1. The maximum absolute atomic E-state index is 14.3. The maximum Gasteiger partial charge on any atom is 0.234 e. The van der Waals surface area contributed by atoms with E-state index in [0.717, 1.165) is 56.6 Å². The third-order valence-corrected chi connectivity index (χ3v) is 18.8. The number of ketones is 1. The molecule has 0 aromatic heterocycles. The van der Waals surface area contributed by atoms with Crippen LogP contribution in [0.2, 0.25) is 10.0 Å². The number of nitrogens with one attached hydrogen (secondary N) is 1. The van der Waals surface area contributed by atoms with Crippen LogP contribution < -0.4 is 5.32 Å². The highest BCUT2D eigenvalue weighted by Crippen LogP contribution is 2.51. The van der Waals surface area contributed by atoms with Crippen LogP contribution in [-0.2, 0) is 19.1 Å². The molecule has 370 valence electrons. The third-order valence-electron chi connectivity index (χ3n) is 15.0. The number of hydrogen-bond donors (Lipinski definition) is 1. The van der Waals surface area contributed by atoms with Crippen molar-refractivity contribution in [3.63, 3.8) is 0 Å². The molecule has 2 bridgehead atoms. The molecule has 1 amide bonds. The van der Waals surface area contributed by atoms with Crippen LogP contribution in [0.4, 0.5) is 0 Å². The Hall–Kier alpha value is -5.12. The summed E-state index contributed by atoms with van der Waals surface area (Å²) in [5.74, 6) is 1.89. The van der Waals surface area contributed by atoms with Crippen molar-refractivity contribution in [3.05, 3.63) is 249 Å². The molecule has 0 unspecified atom stereocenters. The van der Waals surface area contributed by atoms with E-state index in [0.29, 0.717) is 47.1 Å². The van der Waals surface area contributed by atoms with Crippen LogP contribution in [0.5, 0.6) is 0 Å². The Morgan fingerprint density at radius 2 is 1.06 bits per heavy atom. The van der Waals surface area contributed by atoms with E-state index in [-0.39, 0.29) is 23.8 Å². The van der Waals surface area contributed by atoms with E-state index in [1.807, 2.05) is 42.6 Å². The highest BCUT2D eigenvalue weighted by atomic mass is 35.5. The first kappa shape index (κ1) is 51.8. The summed E-state index contributed by atoms with van der Waals surface area (Å²) in [4.78, 5) is 33.2. The van der Waals surface area contributed by atoms with E-state index in [2.05, 4.69) is 203 Å². The average Bonchev–Trinajstić information content (AvgIpc) is 3.71. The smallest absolute Gasteiger partial charge is 0.234 e. The predicted octanol–water partition coefficient (Wildman–Crippen LogP) is 14.2. The summed E-state index contributed by atoms with van der Waals surface area (Å²) in [5, 5.41) is 4.45. The molecule has 7 aromatic rings. The van der Waals surface area contributed by atoms with E-state index in [1.165, 1.54) is 33.4 Å². The quantitative estimate of drug-likeness (QED) is 0.0509. The number of carbonyl (C=O) groups excluding carboxylic acids is 2. The Morgan fingerprint density at radius 1 is 0.597 bits per heavy atom. The maximum atomic E-state index is 14.3. The first-order chi connectivity index (χ1) is 35.3. The number of rotatable bonds is 23. The lowest BCUT2D eigenvalue weighted by molar-refractivity contribution is -0.127. The van der Waals surface area contributed by atoms with Gasteiger partial charge in [0.25, 0.3) is 0 Å². The molecule has 0 spiro atoms. The lowest BCUT2D eigenvalue weighted by Gasteiger charge is -2.44. The molecule has 0 aliphatic carbocycles. The average molecular weight is 1030 g/mol. The first-order valence-corrected chi connectivity index (χ1v) is 28.4. The van der Waals surface area contributed by atoms with Crippen molar-refractivity contribution in [2.45, 2.75) is 66.5 Å². The van der Waals surface area contributed by atoms with Gasteiger partial charge in [-0.3, -0.25) is 19.4 Å². The van der Waals surface area contributed by atoms with Gasteiger partial charge in [-0.1, -0.05) is 218 Å². The van der Waals surface area contributed by atoms with E-state index < -0.39 is 9.49 Å². The van der Waals surface area contributed by atoms with Crippen LogP contribution in [0.3, 0.4) is 0 Å². The number of carbonyl (C=O) groups is 2. The summed E-state index contributed by atoms with van der Waals surface area (Å²) in [5.41, 5.74) is 8.41. The Labute approximate surface area is 446 Å². The van der Waals surface area contributed by atoms with Gasteiger partial charge >= 0.3 is 0 Å². The second kappa shape index (κ2) is 24.7. The summed E-state index contributed by atoms with van der Waals surface area (Å²) in [7, 11) is 0. The largest absolute Gasteiger partial charge is 0.354 e. The summed E-state index contributed by atoms with van der Waals surface area (Å²) < 4.78 is -0.923. The van der Waals surface area contributed by atoms with E-state index >= 15 is 0 Å². The minimum Gasteiger partial charge on any atom is -0.354 e. The molecule has 2 fully saturated rings. The van der Waals surface area contributed by atoms with E-state index in [9.17, 15) is 9.59 Å². The fourth-order valence-electron chi connectivity index (χ4n) is 11.7. The number of halogens is 2. The number of benzene rings is 7. The Kier molecular flexibility index (Phi) is 17.8. The van der Waals surface area contributed by atoms with Crippen LogP contribution in [0, 0.1) is 5.92 Å². The van der Waals surface area contributed by atoms with Gasteiger partial charge in [-0.05, 0) is 95.8 Å². The highest BCUT2D eigenvalue weighted by Gasteiger charge is 2.49. The molecular weight excluding hydrogens is 966 g/mol. The molecule has 7 aromatic carbocycles. The molecule has 5 nitrogen and oxygen atoms in total. The number of Topliss-reactive ketones (excluding diaryl/α,β-unsaturated/α-hetero) is 1. The van der Waals surface area contributed by atoms with Gasteiger partial charge in [0.1, 0.15) is 5.78 Å². The van der Waals surface area contributed by atoms with Gasteiger partial charge in [-0.15, -0.1) is 23.5 Å². The monoisotopic (exact) mass is 1030 g/mol. The van der Waals surface area contributed by atoms with E-state index in [4.69, 9.17) is 23.2 Å². The number of amides is 1. The number of hydrogen-bond acceptors (Lipinski definition) is 6. The van der Waals surface area contributed by atoms with Crippen molar-refractivity contribution in [3.8, 4) is 0 Å². The van der Waals surface area contributed by atoms with Crippen LogP contribution in [0.25, 0.3) is 0 Å². The van der Waals surface area contributed by atoms with Crippen LogP contribution in [0.15, 0.2) is 200 Å². The number of nitrogens with zero attached hydrogens (tertiary/aromatic N) is 2. The van der Waals surface area contributed by atoms with Crippen LogP contribution in [0.1, 0.15) is 83.9 Å². The molecule has 9 rings (SSSR count). The second-order valence-corrected chi connectivity index (χ2v) is 22.6. The molecule has 2 heterocycles. The SMILES string of the molecule is CCC(=O)[C@@H]1[C@H]2CC[C@@H](C[C@H]1c1ccc(Cl)c(Cl)c1)N2CCCN(CCSC(c1ccccc1)(c1ccccc1)c1ccccc1)CC(=O)NCCSC(c1ccccc1)(c1ccccc1)c1ccccc1. The van der Waals surface area contributed by atoms with Crippen molar-refractivity contribution >= 4 is 58.4 Å². The Balaban J connectivity index is 0.936. The van der Waals surface area contributed by atoms with Gasteiger partial charge in [0, 0.05) is 49.0 Å². The zero-order chi connectivity index (χ0) is 49.8. The Morgan fingerprint density at radius 3 is 1.50 bits per heavy atom. The van der Waals surface area contributed by atoms with Crippen LogP contribution in [-0.4, -0.2) is 77.8 Å².